The number of piperidine rings is 1. The van der Waals surface area contributed by atoms with Crippen LogP contribution in [0.1, 0.15) is 35.5 Å². The molecule has 0 radical (unpaired) electrons. The average Bonchev–Trinajstić information content (AvgIpc) is 3.40. The molecule has 0 aliphatic carbocycles. The predicted octanol–water partition coefficient (Wildman–Crippen LogP) is 4.19. The number of amides is 1. The summed E-state index contributed by atoms with van der Waals surface area (Å²) < 4.78 is 33.5. The number of sulfonamides is 1. The van der Waals surface area contributed by atoms with Gasteiger partial charge in [-0.1, -0.05) is 17.7 Å². The highest BCUT2D eigenvalue weighted by molar-refractivity contribution is 7.94. The van der Waals surface area contributed by atoms with E-state index in [1.165, 1.54) is 6.07 Å². The molecule has 0 saturated carbocycles. The summed E-state index contributed by atoms with van der Waals surface area (Å²) in [5.41, 5.74) is 1.65. The fraction of sp³-hybridized carbons (Fsp3) is 0.316. The molecule has 1 saturated heterocycles. The topological polar surface area (TPSA) is 105 Å². The molecule has 0 bridgehead atoms. The first-order valence-corrected chi connectivity index (χ1v) is 12.1. The van der Waals surface area contributed by atoms with Crippen molar-refractivity contribution in [2.75, 3.05) is 17.8 Å². The molecule has 3 aromatic rings. The second kappa shape index (κ2) is 8.37. The SMILES string of the molecule is Cc1ccc(NS(=O)(=O)c2cc(-c3nnc(C(=O)N4CCCCC4)o3)cs2)c(Cl)c1. The van der Waals surface area contributed by atoms with Crippen LogP contribution in [-0.4, -0.2) is 42.5 Å². The van der Waals surface area contributed by atoms with Crippen molar-refractivity contribution in [3.63, 3.8) is 0 Å². The van der Waals surface area contributed by atoms with E-state index in [0.29, 0.717) is 29.4 Å². The maximum atomic E-state index is 12.7. The van der Waals surface area contributed by atoms with Crippen molar-refractivity contribution in [3.05, 3.63) is 46.1 Å². The number of halogens is 1. The van der Waals surface area contributed by atoms with E-state index in [-0.39, 0.29) is 21.9 Å². The zero-order chi connectivity index (χ0) is 21.3. The van der Waals surface area contributed by atoms with Crippen molar-refractivity contribution < 1.29 is 17.6 Å². The molecule has 3 heterocycles. The van der Waals surface area contributed by atoms with E-state index in [1.54, 1.807) is 28.5 Å². The molecule has 30 heavy (non-hydrogen) atoms. The molecule has 0 atom stereocenters. The smallest absolute Gasteiger partial charge is 0.311 e. The molecule has 11 heteroatoms. The van der Waals surface area contributed by atoms with Crippen LogP contribution in [0.4, 0.5) is 5.69 Å². The van der Waals surface area contributed by atoms with Crippen LogP contribution >= 0.6 is 22.9 Å². The quantitative estimate of drug-likeness (QED) is 0.604. The van der Waals surface area contributed by atoms with Gasteiger partial charge >= 0.3 is 11.8 Å². The Morgan fingerprint density at radius 3 is 2.70 bits per heavy atom. The lowest BCUT2D eigenvalue weighted by molar-refractivity contribution is 0.0684. The van der Waals surface area contributed by atoms with Gasteiger partial charge < -0.3 is 9.32 Å². The van der Waals surface area contributed by atoms with Crippen LogP contribution in [0, 0.1) is 6.92 Å². The Labute approximate surface area is 182 Å². The van der Waals surface area contributed by atoms with Gasteiger partial charge in [-0.05, 0) is 49.9 Å². The van der Waals surface area contributed by atoms with Crippen molar-refractivity contribution >= 4 is 44.6 Å². The number of carbonyl (C=O) groups excluding carboxylic acids is 1. The number of aryl methyl sites for hydroxylation is 1. The number of carbonyl (C=O) groups is 1. The molecule has 1 fully saturated rings. The highest BCUT2D eigenvalue weighted by Gasteiger charge is 2.25. The summed E-state index contributed by atoms with van der Waals surface area (Å²) in [7, 11) is -3.84. The van der Waals surface area contributed by atoms with Gasteiger partial charge in [-0.15, -0.1) is 21.5 Å². The highest BCUT2D eigenvalue weighted by Crippen LogP contribution is 2.31. The maximum absolute atomic E-state index is 12.7. The van der Waals surface area contributed by atoms with E-state index in [9.17, 15) is 13.2 Å². The van der Waals surface area contributed by atoms with Gasteiger partial charge in [0.1, 0.15) is 4.21 Å². The number of nitrogens with one attached hydrogen (secondary N) is 1. The maximum Gasteiger partial charge on any atom is 0.311 e. The van der Waals surface area contributed by atoms with Crippen LogP contribution < -0.4 is 4.72 Å². The molecule has 0 unspecified atom stereocenters. The number of anilines is 1. The molecule has 1 amide bonds. The minimum absolute atomic E-state index is 0.0660. The van der Waals surface area contributed by atoms with E-state index >= 15 is 0 Å². The van der Waals surface area contributed by atoms with Crippen LogP contribution in [0.5, 0.6) is 0 Å². The molecule has 158 valence electrons. The zero-order valence-electron chi connectivity index (χ0n) is 16.1. The molecule has 1 N–H and O–H groups in total. The average molecular weight is 467 g/mol. The molecule has 2 aromatic heterocycles. The summed E-state index contributed by atoms with van der Waals surface area (Å²) in [6, 6.07) is 6.49. The van der Waals surface area contributed by atoms with E-state index in [0.717, 1.165) is 36.2 Å². The Balaban J connectivity index is 1.52. The number of hydrogen-bond acceptors (Lipinski definition) is 7. The van der Waals surface area contributed by atoms with Gasteiger partial charge in [-0.2, -0.15) is 0 Å². The lowest BCUT2D eigenvalue weighted by atomic mass is 10.1. The van der Waals surface area contributed by atoms with Gasteiger partial charge in [0.05, 0.1) is 16.3 Å². The second-order valence-corrected chi connectivity index (χ2v) is 10.2. The van der Waals surface area contributed by atoms with E-state index < -0.39 is 10.0 Å². The lowest BCUT2D eigenvalue weighted by Crippen LogP contribution is -2.35. The van der Waals surface area contributed by atoms with Crippen molar-refractivity contribution in [3.8, 4) is 11.5 Å². The summed E-state index contributed by atoms with van der Waals surface area (Å²) in [5, 5.41) is 9.66. The Bertz CT molecular complexity index is 1180. The number of benzene rings is 1. The fourth-order valence-corrected chi connectivity index (χ4v) is 5.70. The van der Waals surface area contributed by atoms with E-state index in [4.69, 9.17) is 16.0 Å². The molecule has 8 nitrogen and oxygen atoms in total. The van der Waals surface area contributed by atoms with Crippen LogP contribution in [-0.2, 0) is 10.0 Å². The van der Waals surface area contributed by atoms with Gasteiger partial charge in [0.15, 0.2) is 0 Å². The molecular formula is C19H19ClN4O4S2. The highest BCUT2D eigenvalue weighted by atomic mass is 35.5. The Hall–Kier alpha value is -2.43. The normalized spacial score (nSPS) is 14.7. The third-order valence-corrected chi connectivity index (χ3v) is 7.83. The molecular weight excluding hydrogens is 448 g/mol. The summed E-state index contributed by atoms with van der Waals surface area (Å²) >= 11 is 7.14. The Morgan fingerprint density at radius 1 is 1.20 bits per heavy atom. The summed E-state index contributed by atoms with van der Waals surface area (Å²) in [4.78, 5) is 14.2. The number of hydrogen-bond donors (Lipinski definition) is 1. The van der Waals surface area contributed by atoms with Crippen molar-refractivity contribution in [1.29, 1.82) is 0 Å². The third-order valence-electron chi connectivity index (χ3n) is 4.71. The zero-order valence-corrected chi connectivity index (χ0v) is 18.5. The van der Waals surface area contributed by atoms with Crippen LogP contribution in [0.2, 0.25) is 5.02 Å². The number of aromatic nitrogens is 2. The summed E-state index contributed by atoms with van der Waals surface area (Å²) in [6.07, 6.45) is 3.01. The minimum atomic E-state index is -3.84. The largest absolute Gasteiger partial charge is 0.412 e. The standard InChI is InChI=1S/C19H19ClN4O4S2/c1-12-5-6-15(14(20)9-12)23-30(26,27)16-10-13(11-29-16)17-21-22-18(28-17)19(25)24-7-3-2-4-8-24/h5-6,9-11,23H,2-4,7-8H2,1H3. The number of thiophene rings is 1. The number of nitrogens with zero attached hydrogens (tertiary/aromatic N) is 3. The van der Waals surface area contributed by atoms with Crippen LogP contribution in [0.15, 0.2) is 38.3 Å². The molecule has 1 aliphatic rings. The van der Waals surface area contributed by atoms with E-state index in [2.05, 4.69) is 14.9 Å². The lowest BCUT2D eigenvalue weighted by Gasteiger charge is -2.24. The molecule has 4 rings (SSSR count). The summed E-state index contributed by atoms with van der Waals surface area (Å²) in [6.45, 7) is 3.21. The number of rotatable bonds is 5. The summed E-state index contributed by atoms with van der Waals surface area (Å²) in [5.74, 6) is -0.291. The fourth-order valence-electron chi connectivity index (χ4n) is 3.13. The van der Waals surface area contributed by atoms with Crippen molar-refractivity contribution in [2.24, 2.45) is 0 Å². The van der Waals surface area contributed by atoms with Gasteiger partial charge in [0.25, 0.3) is 10.0 Å². The molecule has 1 aromatic carbocycles. The van der Waals surface area contributed by atoms with Gasteiger partial charge in [0.2, 0.25) is 5.89 Å². The van der Waals surface area contributed by atoms with Crippen LogP contribution in [0.25, 0.3) is 11.5 Å². The second-order valence-electron chi connectivity index (χ2n) is 7.01. The van der Waals surface area contributed by atoms with Gasteiger partial charge in [-0.25, -0.2) is 8.42 Å². The third kappa shape index (κ3) is 4.35. The Kier molecular flexibility index (Phi) is 5.81. The monoisotopic (exact) mass is 466 g/mol. The van der Waals surface area contributed by atoms with Crippen molar-refractivity contribution in [1.82, 2.24) is 15.1 Å². The number of likely N-dealkylation sites (tertiary alicyclic amines) is 1. The first-order chi connectivity index (χ1) is 14.3. The van der Waals surface area contributed by atoms with Gasteiger partial charge in [-0.3, -0.25) is 9.52 Å². The molecule has 0 spiro atoms. The first-order valence-electron chi connectivity index (χ1n) is 9.34. The van der Waals surface area contributed by atoms with Crippen LogP contribution in [0.3, 0.4) is 0 Å². The predicted molar refractivity (Wildman–Crippen MR) is 114 cm³/mol. The van der Waals surface area contributed by atoms with Crippen molar-refractivity contribution in [2.45, 2.75) is 30.4 Å². The van der Waals surface area contributed by atoms with Gasteiger partial charge in [0, 0.05) is 18.5 Å². The minimum Gasteiger partial charge on any atom is -0.412 e. The first kappa shape index (κ1) is 20.8. The van der Waals surface area contributed by atoms with E-state index in [1.807, 2.05) is 6.92 Å². The molecule has 1 aliphatic heterocycles. The Morgan fingerprint density at radius 2 is 1.97 bits per heavy atom.